The number of piperidine rings is 1. The first-order chi connectivity index (χ1) is 7.83. The standard InChI is InChI=1S/C12H23N3O2/c1-12(2,8-14-11(17)10(13)16)9-5-4-6-15(3)7-9/h9H,4-8H2,1-3H3,(H2,13,16)(H,14,17). The summed E-state index contributed by atoms with van der Waals surface area (Å²) in [6.07, 6.45) is 2.36. The van der Waals surface area contributed by atoms with Crippen LogP contribution >= 0.6 is 0 Å². The monoisotopic (exact) mass is 241 g/mol. The molecular weight excluding hydrogens is 218 g/mol. The highest BCUT2D eigenvalue weighted by atomic mass is 16.2. The molecule has 0 aromatic heterocycles. The summed E-state index contributed by atoms with van der Waals surface area (Å²) in [5.74, 6) is -1.07. The van der Waals surface area contributed by atoms with Gasteiger partial charge in [0.15, 0.2) is 0 Å². The molecule has 0 aromatic carbocycles. The summed E-state index contributed by atoms with van der Waals surface area (Å²) in [7, 11) is 2.12. The Bertz CT molecular complexity index is 302. The first kappa shape index (κ1) is 14.0. The molecule has 0 bridgehead atoms. The Morgan fingerprint density at radius 3 is 2.65 bits per heavy atom. The summed E-state index contributed by atoms with van der Waals surface area (Å²) in [4.78, 5) is 24.1. The first-order valence-electron chi connectivity index (χ1n) is 6.09. The van der Waals surface area contributed by atoms with Gasteiger partial charge in [-0.05, 0) is 37.8 Å². The summed E-state index contributed by atoms with van der Waals surface area (Å²) in [5.41, 5.74) is 4.89. The number of primary amides is 1. The van der Waals surface area contributed by atoms with Gasteiger partial charge >= 0.3 is 11.8 Å². The number of carbonyl (C=O) groups is 2. The van der Waals surface area contributed by atoms with Crippen molar-refractivity contribution in [1.82, 2.24) is 10.2 Å². The lowest BCUT2D eigenvalue weighted by Crippen LogP contribution is -2.47. The highest BCUT2D eigenvalue weighted by Gasteiger charge is 2.32. The molecule has 0 aliphatic carbocycles. The molecule has 0 spiro atoms. The van der Waals surface area contributed by atoms with Crippen LogP contribution in [0.3, 0.4) is 0 Å². The molecule has 17 heavy (non-hydrogen) atoms. The van der Waals surface area contributed by atoms with Crippen LogP contribution in [0.2, 0.25) is 0 Å². The van der Waals surface area contributed by atoms with E-state index in [2.05, 4.69) is 31.1 Å². The summed E-state index contributed by atoms with van der Waals surface area (Å²) < 4.78 is 0. The average molecular weight is 241 g/mol. The molecule has 0 aromatic rings. The van der Waals surface area contributed by atoms with E-state index in [0.717, 1.165) is 13.1 Å². The van der Waals surface area contributed by atoms with Gasteiger partial charge in [-0.25, -0.2) is 0 Å². The Morgan fingerprint density at radius 1 is 1.47 bits per heavy atom. The molecule has 2 amide bonds. The van der Waals surface area contributed by atoms with E-state index in [-0.39, 0.29) is 5.41 Å². The topological polar surface area (TPSA) is 75.4 Å². The molecule has 5 nitrogen and oxygen atoms in total. The van der Waals surface area contributed by atoms with Crippen LogP contribution in [0.25, 0.3) is 0 Å². The van der Waals surface area contributed by atoms with Crippen molar-refractivity contribution in [3.05, 3.63) is 0 Å². The van der Waals surface area contributed by atoms with Crippen LogP contribution in [-0.4, -0.2) is 43.4 Å². The second-order valence-electron chi connectivity index (χ2n) is 5.64. The maximum Gasteiger partial charge on any atom is 0.309 e. The number of likely N-dealkylation sites (tertiary alicyclic amines) is 1. The number of nitrogens with two attached hydrogens (primary N) is 1. The Morgan fingerprint density at radius 2 is 2.12 bits per heavy atom. The lowest BCUT2D eigenvalue weighted by Gasteiger charge is -2.40. The molecule has 3 N–H and O–H groups in total. The molecule has 0 radical (unpaired) electrons. The Labute approximate surface area is 103 Å². The van der Waals surface area contributed by atoms with Gasteiger partial charge in [-0.1, -0.05) is 13.8 Å². The highest BCUT2D eigenvalue weighted by Crippen LogP contribution is 2.32. The van der Waals surface area contributed by atoms with Gasteiger partial charge in [-0.15, -0.1) is 0 Å². The maximum atomic E-state index is 11.1. The maximum absolute atomic E-state index is 11.1. The van der Waals surface area contributed by atoms with E-state index in [0.29, 0.717) is 12.5 Å². The molecule has 1 unspecified atom stereocenters. The summed E-state index contributed by atoms with van der Waals surface area (Å²) in [5, 5.41) is 2.60. The average Bonchev–Trinajstić information content (AvgIpc) is 2.26. The largest absolute Gasteiger partial charge is 0.361 e. The van der Waals surface area contributed by atoms with E-state index in [9.17, 15) is 9.59 Å². The van der Waals surface area contributed by atoms with Gasteiger partial charge in [0.1, 0.15) is 0 Å². The molecule has 1 saturated heterocycles. The summed E-state index contributed by atoms with van der Waals surface area (Å²) in [6, 6.07) is 0. The number of amides is 2. The zero-order chi connectivity index (χ0) is 13.1. The van der Waals surface area contributed by atoms with E-state index in [4.69, 9.17) is 5.73 Å². The van der Waals surface area contributed by atoms with Gasteiger partial charge in [0.25, 0.3) is 0 Å². The predicted molar refractivity (Wildman–Crippen MR) is 66.2 cm³/mol. The van der Waals surface area contributed by atoms with Gasteiger partial charge in [-0.2, -0.15) is 0 Å². The molecule has 1 aliphatic rings. The van der Waals surface area contributed by atoms with Crippen LogP contribution in [0.4, 0.5) is 0 Å². The highest BCUT2D eigenvalue weighted by molar-refractivity contribution is 6.34. The van der Waals surface area contributed by atoms with Crippen molar-refractivity contribution in [2.45, 2.75) is 26.7 Å². The van der Waals surface area contributed by atoms with Crippen LogP contribution in [-0.2, 0) is 9.59 Å². The van der Waals surface area contributed by atoms with E-state index in [1.54, 1.807) is 0 Å². The third-order valence-electron chi connectivity index (χ3n) is 3.66. The number of rotatable bonds is 3. The van der Waals surface area contributed by atoms with Crippen LogP contribution in [0.1, 0.15) is 26.7 Å². The molecular formula is C12H23N3O2. The van der Waals surface area contributed by atoms with Gasteiger partial charge in [-0.3, -0.25) is 9.59 Å². The number of hydrogen-bond donors (Lipinski definition) is 2. The Hall–Kier alpha value is -1.10. The normalized spacial score (nSPS) is 22.2. The van der Waals surface area contributed by atoms with Crippen LogP contribution in [0.15, 0.2) is 0 Å². The van der Waals surface area contributed by atoms with Crippen molar-refractivity contribution in [2.24, 2.45) is 17.1 Å². The fraction of sp³-hybridized carbons (Fsp3) is 0.833. The van der Waals surface area contributed by atoms with Gasteiger partial charge < -0.3 is 16.0 Å². The SMILES string of the molecule is CN1CCCC(C(C)(C)CNC(=O)C(N)=O)C1. The van der Waals surface area contributed by atoms with Crippen LogP contribution in [0, 0.1) is 11.3 Å². The van der Waals surface area contributed by atoms with Crippen molar-refractivity contribution < 1.29 is 9.59 Å². The molecule has 1 fully saturated rings. The minimum atomic E-state index is -0.915. The fourth-order valence-corrected chi connectivity index (χ4v) is 2.34. The molecule has 1 heterocycles. The lowest BCUT2D eigenvalue weighted by atomic mass is 9.74. The van der Waals surface area contributed by atoms with Crippen LogP contribution < -0.4 is 11.1 Å². The van der Waals surface area contributed by atoms with Crippen molar-refractivity contribution in [3.63, 3.8) is 0 Å². The molecule has 0 saturated carbocycles. The second-order valence-corrected chi connectivity index (χ2v) is 5.64. The Balaban J connectivity index is 2.49. The smallest absolute Gasteiger partial charge is 0.309 e. The quantitative estimate of drug-likeness (QED) is 0.681. The minimum Gasteiger partial charge on any atom is -0.361 e. The third kappa shape index (κ3) is 4.00. The van der Waals surface area contributed by atoms with E-state index in [1.165, 1.54) is 12.8 Å². The zero-order valence-electron chi connectivity index (χ0n) is 11.0. The van der Waals surface area contributed by atoms with Crippen molar-refractivity contribution >= 4 is 11.8 Å². The second kappa shape index (κ2) is 5.49. The van der Waals surface area contributed by atoms with Gasteiger partial charge in [0.05, 0.1) is 0 Å². The first-order valence-corrected chi connectivity index (χ1v) is 6.09. The third-order valence-corrected chi connectivity index (χ3v) is 3.66. The molecule has 5 heteroatoms. The molecule has 1 atom stereocenters. The lowest BCUT2D eigenvalue weighted by molar-refractivity contribution is -0.137. The van der Waals surface area contributed by atoms with Crippen molar-refractivity contribution in [2.75, 3.05) is 26.7 Å². The summed E-state index contributed by atoms with van der Waals surface area (Å²) >= 11 is 0. The van der Waals surface area contributed by atoms with Crippen molar-refractivity contribution in [1.29, 1.82) is 0 Å². The van der Waals surface area contributed by atoms with Crippen LogP contribution in [0.5, 0.6) is 0 Å². The van der Waals surface area contributed by atoms with Gasteiger partial charge in [0, 0.05) is 13.1 Å². The summed E-state index contributed by atoms with van der Waals surface area (Å²) in [6.45, 7) is 6.92. The predicted octanol–water partition coefficient (Wildman–Crippen LogP) is -0.0441. The molecule has 1 aliphatic heterocycles. The fourth-order valence-electron chi connectivity index (χ4n) is 2.34. The van der Waals surface area contributed by atoms with Crippen molar-refractivity contribution in [3.8, 4) is 0 Å². The van der Waals surface area contributed by atoms with E-state index in [1.807, 2.05) is 0 Å². The minimum absolute atomic E-state index is 0.0141. The van der Waals surface area contributed by atoms with E-state index >= 15 is 0 Å². The van der Waals surface area contributed by atoms with Gasteiger partial charge in [0.2, 0.25) is 0 Å². The number of nitrogens with one attached hydrogen (secondary N) is 1. The Kier molecular flexibility index (Phi) is 4.51. The number of carbonyl (C=O) groups excluding carboxylic acids is 2. The molecule has 98 valence electrons. The number of nitrogens with zero attached hydrogens (tertiary/aromatic N) is 1. The molecule has 1 rings (SSSR count). The zero-order valence-corrected chi connectivity index (χ0v) is 11.0. The van der Waals surface area contributed by atoms with E-state index < -0.39 is 11.8 Å². The number of hydrogen-bond acceptors (Lipinski definition) is 3.